The molecule has 0 aliphatic heterocycles. The van der Waals surface area contributed by atoms with Crippen molar-refractivity contribution in [3.63, 3.8) is 0 Å². The molecule has 0 aliphatic carbocycles. The van der Waals surface area contributed by atoms with Crippen LogP contribution in [0.4, 0.5) is 18.3 Å². The monoisotopic (exact) mass is 213 g/mol. The van der Waals surface area contributed by atoms with Crippen molar-refractivity contribution in [2.24, 2.45) is 0 Å². The third kappa shape index (κ3) is 4.04. The van der Waals surface area contributed by atoms with E-state index in [0.717, 1.165) is 11.5 Å². The molecular formula is C5H6F3N3OS. The molecule has 13 heavy (non-hydrogen) atoms. The Morgan fingerprint density at radius 1 is 1.46 bits per heavy atom. The normalized spacial score (nSPS) is 11.9. The van der Waals surface area contributed by atoms with Crippen LogP contribution in [-0.2, 0) is 11.3 Å². The van der Waals surface area contributed by atoms with Crippen LogP contribution in [0.3, 0.4) is 0 Å². The van der Waals surface area contributed by atoms with Gasteiger partial charge < -0.3 is 10.5 Å². The van der Waals surface area contributed by atoms with Crippen molar-refractivity contribution in [3.05, 3.63) is 5.82 Å². The molecule has 4 nitrogen and oxygen atoms in total. The van der Waals surface area contributed by atoms with Crippen LogP contribution in [0.15, 0.2) is 0 Å². The predicted molar refractivity (Wildman–Crippen MR) is 40.0 cm³/mol. The molecule has 8 heteroatoms. The van der Waals surface area contributed by atoms with Gasteiger partial charge in [0.25, 0.3) is 0 Å². The summed E-state index contributed by atoms with van der Waals surface area (Å²) >= 11 is 0.918. The van der Waals surface area contributed by atoms with Crippen molar-refractivity contribution >= 4 is 16.7 Å². The number of anilines is 1. The number of ether oxygens (including phenoxy) is 1. The van der Waals surface area contributed by atoms with Crippen LogP contribution in [0.1, 0.15) is 5.82 Å². The molecule has 0 amide bonds. The molecular weight excluding hydrogens is 207 g/mol. The van der Waals surface area contributed by atoms with Crippen LogP contribution >= 0.6 is 11.5 Å². The first kappa shape index (κ1) is 10.2. The van der Waals surface area contributed by atoms with Crippen molar-refractivity contribution < 1.29 is 17.9 Å². The van der Waals surface area contributed by atoms with Crippen LogP contribution in [-0.4, -0.2) is 22.1 Å². The molecule has 0 aromatic carbocycles. The largest absolute Gasteiger partial charge is 0.411 e. The molecule has 0 fully saturated rings. The molecule has 0 spiro atoms. The predicted octanol–water partition coefficient (Wildman–Crippen LogP) is 1.20. The van der Waals surface area contributed by atoms with Crippen LogP contribution in [0.2, 0.25) is 0 Å². The lowest BCUT2D eigenvalue weighted by molar-refractivity contribution is -0.177. The van der Waals surface area contributed by atoms with E-state index in [0.29, 0.717) is 0 Å². The molecule has 1 aromatic heterocycles. The van der Waals surface area contributed by atoms with Crippen molar-refractivity contribution in [2.45, 2.75) is 12.8 Å². The Hall–Kier alpha value is -0.890. The van der Waals surface area contributed by atoms with E-state index in [1.807, 2.05) is 0 Å². The van der Waals surface area contributed by atoms with Crippen molar-refractivity contribution in [1.82, 2.24) is 9.36 Å². The molecule has 2 N–H and O–H groups in total. The second kappa shape index (κ2) is 3.88. The zero-order chi connectivity index (χ0) is 9.90. The summed E-state index contributed by atoms with van der Waals surface area (Å²) in [5.74, 6) is 0.173. The number of alkyl halides is 3. The highest BCUT2D eigenvalue weighted by molar-refractivity contribution is 7.09. The summed E-state index contributed by atoms with van der Waals surface area (Å²) in [6, 6.07) is 0. The van der Waals surface area contributed by atoms with Gasteiger partial charge in [0.15, 0.2) is 11.0 Å². The molecule has 74 valence electrons. The highest BCUT2D eigenvalue weighted by Gasteiger charge is 2.27. The van der Waals surface area contributed by atoms with Gasteiger partial charge >= 0.3 is 6.18 Å². The number of hydrogen-bond acceptors (Lipinski definition) is 5. The topological polar surface area (TPSA) is 61.0 Å². The number of aromatic nitrogens is 2. The van der Waals surface area contributed by atoms with E-state index in [-0.39, 0.29) is 17.6 Å². The number of halogens is 3. The Labute approximate surface area is 75.7 Å². The number of rotatable bonds is 3. The molecule has 1 rings (SSSR count). The molecule has 0 bridgehead atoms. The summed E-state index contributed by atoms with van der Waals surface area (Å²) in [6.45, 7) is -1.57. The van der Waals surface area contributed by atoms with E-state index in [1.54, 1.807) is 0 Å². The molecule has 0 saturated carbocycles. The minimum atomic E-state index is -4.32. The fourth-order valence-electron chi connectivity index (χ4n) is 0.584. The SMILES string of the molecule is Nc1nc(COCC(F)(F)F)ns1. The van der Waals surface area contributed by atoms with E-state index >= 15 is 0 Å². The maximum absolute atomic E-state index is 11.6. The average molecular weight is 213 g/mol. The van der Waals surface area contributed by atoms with Gasteiger partial charge in [0, 0.05) is 11.5 Å². The van der Waals surface area contributed by atoms with E-state index < -0.39 is 12.8 Å². The second-order valence-electron chi connectivity index (χ2n) is 2.16. The molecule has 0 aliphatic rings. The molecule has 1 aromatic rings. The molecule has 0 atom stereocenters. The van der Waals surface area contributed by atoms with Gasteiger partial charge in [0.2, 0.25) is 0 Å². The molecule has 1 heterocycles. The highest BCUT2D eigenvalue weighted by Crippen LogP contribution is 2.15. The van der Waals surface area contributed by atoms with Gasteiger partial charge in [-0.25, -0.2) is 4.98 Å². The van der Waals surface area contributed by atoms with Crippen LogP contribution in [0, 0.1) is 0 Å². The number of nitrogen functional groups attached to an aromatic ring is 1. The minimum absolute atomic E-state index is 0.173. The molecule has 0 radical (unpaired) electrons. The van der Waals surface area contributed by atoms with Gasteiger partial charge in [-0.3, -0.25) is 0 Å². The summed E-state index contributed by atoms with van der Waals surface area (Å²) in [5.41, 5.74) is 5.20. The zero-order valence-electron chi connectivity index (χ0n) is 6.34. The first-order valence-corrected chi connectivity index (χ1v) is 3.97. The van der Waals surface area contributed by atoms with E-state index in [4.69, 9.17) is 5.73 Å². The van der Waals surface area contributed by atoms with Gasteiger partial charge in [0.05, 0.1) is 0 Å². The maximum atomic E-state index is 11.6. The summed E-state index contributed by atoms with van der Waals surface area (Å²) in [4.78, 5) is 3.62. The third-order valence-electron chi connectivity index (χ3n) is 0.981. The standard InChI is InChI=1S/C5H6F3N3OS/c6-5(7,8)2-12-1-3-10-4(9)13-11-3/h1-2H2,(H2,9,10,11). The van der Waals surface area contributed by atoms with E-state index in [9.17, 15) is 13.2 Å². The highest BCUT2D eigenvalue weighted by atomic mass is 32.1. The van der Waals surface area contributed by atoms with Crippen LogP contribution < -0.4 is 5.73 Å². The lowest BCUT2D eigenvalue weighted by atomic mass is 10.6. The maximum Gasteiger partial charge on any atom is 0.411 e. The third-order valence-corrected chi connectivity index (χ3v) is 1.56. The van der Waals surface area contributed by atoms with Gasteiger partial charge in [-0.1, -0.05) is 0 Å². The number of hydrogen-bond donors (Lipinski definition) is 1. The number of nitrogens with two attached hydrogens (primary N) is 1. The van der Waals surface area contributed by atoms with Crippen molar-refractivity contribution in [3.8, 4) is 0 Å². The van der Waals surface area contributed by atoms with Crippen LogP contribution in [0.25, 0.3) is 0 Å². The Kier molecular flexibility index (Phi) is 3.04. The number of nitrogens with zero attached hydrogens (tertiary/aromatic N) is 2. The van der Waals surface area contributed by atoms with Crippen LogP contribution in [0.5, 0.6) is 0 Å². The van der Waals surface area contributed by atoms with Gasteiger partial charge in [-0.05, 0) is 0 Å². The summed E-state index contributed by atoms with van der Waals surface area (Å²) in [5, 5.41) is 0.214. The van der Waals surface area contributed by atoms with Gasteiger partial charge in [-0.15, -0.1) is 0 Å². The fraction of sp³-hybridized carbons (Fsp3) is 0.600. The Bertz CT molecular complexity index is 274. The minimum Gasteiger partial charge on any atom is -0.374 e. The van der Waals surface area contributed by atoms with Crippen molar-refractivity contribution in [2.75, 3.05) is 12.3 Å². The summed E-state index contributed by atoms with van der Waals surface area (Å²) in [7, 11) is 0. The van der Waals surface area contributed by atoms with Gasteiger partial charge in [-0.2, -0.15) is 17.5 Å². The first-order valence-electron chi connectivity index (χ1n) is 3.20. The smallest absolute Gasteiger partial charge is 0.374 e. The molecule has 0 unspecified atom stereocenters. The lowest BCUT2D eigenvalue weighted by Gasteiger charge is -2.04. The van der Waals surface area contributed by atoms with E-state index in [2.05, 4.69) is 14.1 Å². The summed E-state index contributed by atoms with van der Waals surface area (Å²) in [6.07, 6.45) is -4.32. The molecule has 0 saturated heterocycles. The van der Waals surface area contributed by atoms with Gasteiger partial charge in [0.1, 0.15) is 13.2 Å². The van der Waals surface area contributed by atoms with E-state index in [1.165, 1.54) is 0 Å². The lowest BCUT2D eigenvalue weighted by Crippen LogP contribution is -2.16. The summed E-state index contributed by atoms with van der Waals surface area (Å²) < 4.78 is 42.7. The quantitative estimate of drug-likeness (QED) is 0.819. The second-order valence-corrected chi connectivity index (χ2v) is 2.94. The zero-order valence-corrected chi connectivity index (χ0v) is 7.15. The Morgan fingerprint density at radius 3 is 2.62 bits per heavy atom. The Morgan fingerprint density at radius 2 is 2.15 bits per heavy atom. The first-order chi connectivity index (χ1) is 5.97. The van der Waals surface area contributed by atoms with Crippen molar-refractivity contribution in [1.29, 1.82) is 0 Å². The Balaban J connectivity index is 2.28. The fourth-order valence-corrected chi connectivity index (χ4v) is 1.02. The average Bonchev–Trinajstić information content (AvgIpc) is 2.33.